The molecule has 6 nitrogen and oxygen atoms in total. The maximum absolute atomic E-state index is 12.4. The zero-order chi connectivity index (χ0) is 13.3. The summed E-state index contributed by atoms with van der Waals surface area (Å²) in [6.07, 6.45) is 1.64. The third-order valence-electron chi connectivity index (χ3n) is 3.08. The molecule has 0 radical (unpaired) electrons. The van der Waals surface area contributed by atoms with E-state index in [9.17, 15) is 8.42 Å². The molecule has 2 heterocycles. The van der Waals surface area contributed by atoms with Crippen LogP contribution >= 0.6 is 11.3 Å². The van der Waals surface area contributed by atoms with Crippen molar-refractivity contribution in [2.75, 3.05) is 25.4 Å². The highest BCUT2D eigenvalue weighted by Gasteiger charge is 2.32. The van der Waals surface area contributed by atoms with E-state index in [-0.39, 0.29) is 21.9 Å². The molecule has 1 aromatic heterocycles. The van der Waals surface area contributed by atoms with Crippen molar-refractivity contribution in [3.8, 4) is 0 Å². The van der Waals surface area contributed by atoms with Gasteiger partial charge in [-0.3, -0.25) is 0 Å². The van der Waals surface area contributed by atoms with E-state index < -0.39 is 10.0 Å². The third kappa shape index (κ3) is 2.51. The van der Waals surface area contributed by atoms with Gasteiger partial charge in [-0.2, -0.15) is 4.31 Å². The van der Waals surface area contributed by atoms with E-state index in [1.807, 2.05) is 0 Å². The zero-order valence-corrected chi connectivity index (χ0v) is 11.8. The molecule has 102 valence electrons. The molecule has 1 atom stereocenters. The molecule has 2 rings (SSSR count). The Morgan fingerprint density at radius 2 is 2.33 bits per heavy atom. The highest BCUT2D eigenvalue weighted by atomic mass is 32.2. The SMILES string of the molecule is Cc1nc(N)sc1S(=O)(=O)N1CCCC(CO)C1. The van der Waals surface area contributed by atoms with E-state index in [0.717, 1.165) is 24.2 Å². The molecule has 1 unspecified atom stereocenters. The van der Waals surface area contributed by atoms with E-state index in [0.29, 0.717) is 18.8 Å². The first-order valence-electron chi connectivity index (χ1n) is 5.79. The fourth-order valence-corrected chi connectivity index (χ4v) is 5.14. The minimum atomic E-state index is -3.52. The number of aliphatic hydroxyl groups is 1. The number of nitrogens with zero attached hydrogens (tertiary/aromatic N) is 2. The number of aryl methyl sites for hydroxylation is 1. The van der Waals surface area contributed by atoms with Crippen LogP contribution in [-0.2, 0) is 10.0 Å². The molecule has 0 spiro atoms. The zero-order valence-electron chi connectivity index (χ0n) is 10.2. The minimum Gasteiger partial charge on any atom is -0.396 e. The maximum atomic E-state index is 12.4. The van der Waals surface area contributed by atoms with Crippen molar-refractivity contribution in [1.82, 2.24) is 9.29 Å². The van der Waals surface area contributed by atoms with Crippen molar-refractivity contribution < 1.29 is 13.5 Å². The topological polar surface area (TPSA) is 96.5 Å². The van der Waals surface area contributed by atoms with Gasteiger partial charge in [0.2, 0.25) is 0 Å². The number of sulfonamides is 1. The van der Waals surface area contributed by atoms with Crippen molar-refractivity contribution in [2.45, 2.75) is 24.0 Å². The number of aliphatic hydroxyl groups excluding tert-OH is 1. The van der Waals surface area contributed by atoms with Crippen LogP contribution in [0.5, 0.6) is 0 Å². The summed E-state index contributed by atoms with van der Waals surface area (Å²) in [7, 11) is -3.52. The summed E-state index contributed by atoms with van der Waals surface area (Å²) >= 11 is 0.998. The molecule has 1 aliphatic rings. The molecule has 0 amide bonds. The van der Waals surface area contributed by atoms with E-state index >= 15 is 0 Å². The van der Waals surface area contributed by atoms with Gasteiger partial charge in [-0.1, -0.05) is 11.3 Å². The average Bonchev–Trinajstić information content (AvgIpc) is 2.69. The Balaban J connectivity index is 2.28. The summed E-state index contributed by atoms with van der Waals surface area (Å²) in [6, 6.07) is 0. The second-order valence-corrected chi connectivity index (χ2v) is 7.64. The molecule has 1 aromatic rings. The number of anilines is 1. The molecule has 8 heteroatoms. The van der Waals surface area contributed by atoms with Gasteiger partial charge in [0.1, 0.15) is 0 Å². The molecule has 1 aliphatic heterocycles. The number of nitrogen functional groups attached to an aromatic ring is 1. The van der Waals surface area contributed by atoms with Gasteiger partial charge in [-0.25, -0.2) is 13.4 Å². The summed E-state index contributed by atoms with van der Waals surface area (Å²) in [5.41, 5.74) is 5.99. The van der Waals surface area contributed by atoms with Crippen LogP contribution in [0.25, 0.3) is 0 Å². The average molecular weight is 291 g/mol. The van der Waals surface area contributed by atoms with Crippen molar-refractivity contribution in [3.05, 3.63) is 5.69 Å². The molecule has 1 fully saturated rings. The van der Waals surface area contributed by atoms with Gasteiger partial charge < -0.3 is 10.8 Å². The standard InChI is InChI=1S/C10H17N3O3S2/c1-7-9(17-10(11)12-7)18(15,16)13-4-2-3-8(5-13)6-14/h8,14H,2-6H2,1H3,(H2,11,12). The van der Waals surface area contributed by atoms with Crippen LogP contribution in [0.1, 0.15) is 18.5 Å². The van der Waals surface area contributed by atoms with Crippen LogP contribution in [-0.4, -0.2) is 42.5 Å². The van der Waals surface area contributed by atoms with Gasteiger partial charge in [0, 0.05) is 19.7 Å². The summed E-state index contributed by atoms with van der Waals surface area (Å²) in [4.78, 5) is 3.95. The van der Waals surface area contributed by atoms with Crippen LogP contribution in [0.3, 0.4) is 0 Å². The number of rotatable bonds is 3. The minimum absolute atomic E-state index is 0.0236. The molecule has 0 bridgehead atoms. The van der Waals surface area contributed by atoms with Gasteiger partial charge >= 0.3 is 0 Å². The summed E-state index contributed by atoms with van der Waals surface area (Å²) < 4.78 is 26.5. The molecule has 18 heavy (non-hydrogen) atoms. The van der Waals surface area contributed by atoms with Crippen LogP contribution in [0, 0.1) is 12.8 Å². The summed E-state index contributed by atoms with van der Waals surface area (Å²) in [6.45, 7) is 2.54. The maximum Gasteiger partial charge on any atom is 0.254 e. The summed E-state index contributed by atoms with van der Waals surface area (Å²) in [5.74, 6) is 0.0269. The van der Waals surface area contributed by atoms with Gasteiger partial charge in [-0.05, 0) is 25.7 Å². The van der Waals surface area contributed by atoms with Crippen LogP contribution in [0.15, 0.2) is 4.21 Å². The number of piperidine rings is 1. The molecule has 1 saturated heterocycles. The summed E-state index contributed by atoms with van der Waals surface area (Å²) in [5, 5.41) is 9.42. The first kappa shape index (κ1) is 13.7. The van der Waals surface area contributed by atoms with Crippen LogP contribution in [0.2, 0.25) is 0 Å². The lowest BCUT2D eigenvalue weighted by atomic mass is 10.0. The Kier molecular flexibility index (Phi) is 3.90. The fourth-order valence-electron chi connectivity index (χ4n) is 2.15. The van der Waals surface area contributed by atoms with Crippen molar-refractivity contribution in [2.24, 2.45) is 5.92 Å². The smallest absolute Gasteiger partial charge is 0.254 e. The van der Waals surface area contributed by atoms with Gasteiger partial charge in [0.05, 0.1) is 5.69 Å². The van der Waals surface area contributed by atoms with Crippen molar-refractivity contribution in [3.63, 3.8) is 0 Å². The molecular weight excluding hydrogens is 274 g/mol. The first-order chi connectivity index (χ1) is 8.45. The molecule has 3 N–H and O–H groups in total. The number of hydrogen-bond donors (Lipinski definition) is 2. The number of hydrogen-bond acceptors (Lipinski definition) is 6. The van der Waals surface area contributed by atoms with E-state index in [1.54, 1.807) is 6.92 Å². The Morgan fingerprint density at radius 1 is 1.61 bits per heavy atom. The molecule has 0 aromatic carbocycles. The highest BCUT2D eigenvalue weighted by Crippen LogP contribution is 2.30. The molecular formula is C10H17N3O3S2. The fraction of sp³-hybridized carbons (Fsp3) is 0.700. The lowest BCUT2D eigenvalue weighted by molar-refractivity contribution is 0.165. The lowest BCUT2D eigenvalue weighted by Gasteiger charge is -2.30. The Hall–Kier alpha value is -0.700. The Labute approximate surface area is 110 Å². The van der Waals surface area contributed by atoms with Crippen LogP contribution < -0.4 is 5.73 Å². The number of aromatic nitrogens is 1. The second kappa shape index (κ2) is 5.12. The number of thiazole rings is 1. The van der Waals surface area contributed by atoms with E-state index in [1.165, 1.54) is 4.31 Å². The third-order valence-corrected chi connectivity index (χ3v) is 6.52. The number of nitrogens with two attached hydrogens (primary N) is 1. The Bertz CT molecular complexity index is 526. The molecule has 0 saturated carbocycles. The van der Waals surface area contributed by atoms with E-state index in [4.69, 9.17) is 10.8 Å². The largest absolute Gasteiger partial charge is 0.396 e. The normalized spacial score (nSPS) is 22.2. The predicted octanol–water partition coefficient (Wildman–Crippen LogP) is 0.427. The molecule has 0 aliphatic carbocycles. The van der Waals surface area contributed by atoms with Crippen molar-refractivity contribution >= 4 is 26.5 Å². The van der Waals surface area contributed by atoms with Crippen molar-refractivity contribution in [1.29, 1.82) is 0 Å². The first-order valence-corrected chi connectivity index (χ1v) is 8.04. The van der Waals surface area contributed by atoms with Gasteiger partial charge in [0.15, 0.2) is 9.34 Å². The predicted molar refractivity (Wildman–Crippen MR) is 69.8 cm³/mol. The van der Waals surface area contributed by atoms with Gasteiger partial charge in [0.25, 0.3) is 10.0 Å². The second-order valence-electron chi connectivity index (χ2n) is 4.48. The monoisotopic (exact) mass is 291 g/mol. The highest BCUT2D eigenvalue weighted by molar-refractivity contribution is 7.91. The quantitative estimate of drug-likeness (QED) is 0.841. The lowest BCUT2D eigenvalue weighted by Crippen LogP contribution is -2.40. The van der Waals surface area contributed by atoms with E-state index in [2.05, 4.69) is 4.98 Å². The Morgan fingerprint density at radius 3 is 2.89 bits per heavy atom. The van der Waals surface area contributed by atoms with Crippen LogP contribution in [0.4, 0.5) is 5.13 Å². The van der Waals surface area contributed by atoms with Gasteiger partial charge in [-0.15, -0.1) is 0 Å².